The lowest BCUT2D eigenvalue weighted by Gasteiger charge is -2.11. The van der Waals surface area contributed by atoms with Gasteiger partial charge in [0.15, 0.2) is 11.5 Å². The van der Waals surface area contributed by atoms with Gasteiger partial charge in [-0.15, -0.1) is 0 Å². The molecule has 8 heteroatoms. The predicted molar refractivity (Wildman–Crippen MR) is 114 cm³/mol. The maximum absolute atomic E-state index is 12.0. The molecule has 0 aliphatic carbocycles. The molecule has 0 saturated heterocycles. The summed E-state index contributed by atoms with van der Waals surface area (Å²) in [7, 11) is 0. The minimum absolute atomic E-state index is 0.352. The lowest BCUT2D eigenvalue weighted by atomic mass is 10.2. The van der Waals surface area contributed by atoms with E-state index in [1.165, 1.54) is 6.21 Å². The Balaban J connectivity index is 1.99. The molecule has 0 bridgehead atoms. The van der Waals surface area contributed by atoms with Gasteiger partial charge in [-0.1, -0.05) is 30.3 Å². The number of anilines is 1. The van der Waals surface area contributed by atoms with E-state index in [1.807, 2.05) is 6.92 Å². The number of nitrogens with one attached hydrogen (secondary N) is 2. The van der Waals surface area contributed by atoms with Crippen LogP contribution >= 0.6 is 11.6 Å². The number of hydrogen-bond acceptors (Lipinski definition) is 5. The maximum atomic E-state index is 12.0. The third-order valence-electron chi connectivity index (χ3n) is 3.66. The minimum Gasteiger partial charge on any atom is -0.490 e. The van der Waals surface area contributed by atoms with Gasteiger partial charge >= 0.3 is 11.8 Å². The van der Waals surface area contributed by atoms with Crippen molar-refractivity contribution in [2.45, 2.75) is 13.8 Å². The topological polar surface area (TPSA) is 89.0 Å². The van der Waals surface area contributed by atoms with Crippen molar-refractivity contribution >= 4 is 35.3 Å². The van der Waals surface area contributed by atoms with E-state index in [1.54, 1.807) is 49.4 Å². The average molecular weight is 416 g/mol. The molecule has 2 amide bonds. The molecule has 2 aromatic carbocycles. The van der Waals surface area contributed by atoms with Gasteiger partial charge in [0.25, 0.3) is 0 Å². The molecular formula is C21H22ClN3O4. The first-order chi connectivity index (χ1) is 13.9. The number of amides is 2. The molecule has 0 aromatic heterocycles. The molecule has 2 rings (SSSR count). The Morgan fingerprint density at radius 3 is 2.66 bits per heavy atom. The predicted octanol–water partition coefficient (Wildman–Crippen LogP) is 3.70. The van der Waals surface area contributed by atoms with Crippen LogP contribution in [0.1, 0.15) is 18.1 Å². The number of nitrogens with zero attached hydrogens (tertiary/aromatic N) is 1. The Labute approximate surface area is 174 Å². The lowest BCUT2D eigenvalue weighted by molar-refractivity contribution is -0.136. The minimum atomic E-state index is -0.906. The molecule has 0 saturated carbocycles. The summed E-state index contributed by atoms with van der Waals surface area (Å²) in [4.78, 5) is 24.0. The van der Waals surface area contributed by atoms with Gasteiger partial charge in [-0.25, -0.2) is 5.43 Å². The van der Waals surface area contributed by atoms with E-state index in [0.717, 1.165) is 5.56 Å². The van der Waals surface area contributed by atoms with E-state index < -0.39 is 11.8 Å². The molecule has 7 nitrogen and oxygen atoms in total. The summed E-state index contributed by atoms with van der Waals surface area (Å²) in [5, 5.41) is 6.77. The molecule has 0 aliphatic rings. The first kappa shape index (κ1) is 22.0. The van der Waals surface area contributed by atoms with Crippen LogP contribution in [0.25, 0.3) is 0 Å². The van der Waals surface area contributed by atoms with Crippen molar-refractivity contribution in [2.24, 2.45) is 5.10 Å². The molecule has 0 aliphatic heterocycles. The van der Waals surface area contributed by atoms with Crippen LogP contribution in [0.4, 0.5) is 5.69 Å². The Bertz CT molecular complexity index is 928. The highest BCUT2D eigenvalue weighted by molar-refractivity contribution is 6.40. The maximum Gasteiger partial charge on any atom is 0.329 e. The summed E-state index contributed by atoms with van der Waals surface area (Å²) in [6, 6.07) is 10.2. The molecule has 0 spiro atoms. The lowest BCUT2D eigenvalue weighted by Crippen LogP contribution is -2.32. The van der Waals surface area contributed by atoms with Gasteiger partial charge in [-0.3, -0.25) is 9.59 Å². The molecule has 0 heterocycles. The van der Waals surface area contributed by atoms with E-state index in [4.69, 9.17) is 21.1 Å². The van der Waals surface area contributed by atoms with Crippen LogP contribution in [0.3, 0.4) is 0 Å². The zero-order valence-corrected chi connectivity index (χ0v) is 17.0. The molecule has 0 unspecified atom stereocenters. The fourth-order valence-corrected chi connectivity index (χ4v) is 2.44. The number of benzene rings is 2. The van der Waals surface area contributed by atoms with Crippen LogP contribution in [0.15, 0.2) is 54.2 Å². The fourth-order valence-electron chi connectivity index (χ4n) is 2.27. The second-order valence-electron chi connectivity index (χ2n) is 5.85. The quantitative estimate of drug-likeness (QED) is 0.298. The van der Waals surface area contributed by atoms with Crippen LogP contribution in [0.2, 0.25) is 5.02 Å². The Morgan fingerprint density at radius 2 is 1.93 bits per heavy atom. The summed E-state index contributed by atoms with van der Waals surface area (Å²) in [5.74, 6) is -0.643. The van der Waals surface area contributed by atoms with Crippen molar-refractivity contribution in [1.29, 1.82) is 0 Å². The summed E-state index contributed by atoms with van der Waals surface area (Å²) in [6.45, 7) is 8.08. The first-order valence-electron chi connectivity index (χ1n) is 8.85. The standard InChI is InChI=1S/C21H22ClN3O4/c1-4-10-29-18-9-7-15(11-19(18)28-5-2)13-23-25-21(27)20(26)24-17-12-16(22)8-6-14(17)3/h4,6-9,11-13H,1,5,10H2,2-3H3,(H,24,26)(H,25,27)/b23-13-. The second-order valence-corrected chi connectivity index (χ2v) is 6.29. The van der Waals surface area contributed by atoms with Gasteiger partial charge in [-0.2, -0.15) is 5.10 Å². The number of carbonyl (C=O) groups excluding carboxylic acids is 2. The molecule has 29 heavy (non-hydrogen) atoms. The molecule has 2 aromatic rings. The van der Waals surface area contributed by atoms with Crippen molar-refractivity contribution in [3.05, 3.63) is 65.2 Å². The zero-order valence-electron chi connectivity index (χ0n) is 16.2. The number of halogens is 1. The molecule has 0 atom stereocenters. The summed E-state index contributed by atoms with van der Waals surface area (Å²) in [5.41, 5.74) is 4.08. The Kier molecular flexibility index (Phi) is 8.24. The molecule has 152 valence electrons. The van der Waals surface area contributed by atoms with Crippen molar-refractivity contribution < 1.29 is 19.1 Å². The van der Waals surface area contributed by atoms with E-state index in [0.29, 0.717) is 41.0 Å². The van der Waals surface area contributed by atoms with Crippen molar-refractivity contribution in [3.63, 3.8) is 0 Å². The van der Waals surface area contributed by atoms with Gasteiger partial charge in [0.2, 0.25) is 0 Å². The third-order valence-corrected chi connectivity index (χ3v) is 3.89. The fraction of sp³-hybridized carbons (Fsp3) is 0.190. The molecule has 0 fully saturated rings. The number of carbonyl (C=O) groups is 2. The largest absolute Gasteiger partial charge is 0.490 e. The Morgan fingerprint density at radius 1 is 1.14 bits per heavy atom. The average Bonchev–Trinajstić information content (AvgIpc) is 2.70. The molecule has 0 radical (unpaired) electrons. The van der Waals surface area contributed by atoms with Crippen molar-refractivity contribution in [1.82, 2.24) is 5.43 Å². The van der Waals surface area contributed by atoms with E-state index >= 15 is 0 Å². The highest BCUT2D eigenvalue weighted by Gasteiger charge is 2.14. The summed E-state index contributed by atoms with van der Waals surface area (Å²) in [6.07, 6.45) is 3.03. The Hall–Kier alpha value is -3.32. The highest BCUT2D eigenvalue weighted by Crippen LogP contribution is 2.28. The van der Waals surface area contributed by atoms with E-state index in [9.17, 15) is 9.59 Å². The van der Waals surface area contributed by atoms with Crippen molar-refractivity contribution in [2.75, 3.05) is 18.5 Å². The smallest absolute Gasteiger partial charge is 0.329 e. The van der Waals surface area contributed by atoms with Gasteiger partial charge in [0.1, 0.15) is 6.61 Å². The van der Waals surface area contributed by atoms with Crippen molar-refractivity contribution in [3.8, 4) is 11.5 Å². The third kappa shape index (κ3) is 6.65. The molecular weight excluding hydrogens is 394 g/mol. The normalized spacial score (nSPS) is 10.4. The zero-order chi connectivity index (χ0) is 21.2. The highest BCUT2D eigenvalue weighted by atomic mass is 35.5. The number of ether oxygens (including phenoxy) is 2. The number of hydrogen-bond donors (Lipinski definition) is 2. The van der Waals surface area contributed by atoms with E-state index in [2.05, 4.69) is 22.4 Å². The van der Waals surface area contributed by atoms with E-state index in [-0.39, 0.29) is 0 Å². The second kappa shape index (κ2) is 10.9. The van der Waals surface area contributed by atoms with Crippen LogP contribution in [-0.4, -0.2) is 31.2 Å². The van der Waals surface area contributed by atoms with Crippen LogP contribution in [0.5, 0.6) is 11.5 Å². The summed E-state index contributed by atoms with van der Waals surface area (Å²) >= 11 is 5.91. The molecule has 2 N–H and O–H groups in total. The SMILES string of the molecule is C=CCOc1ccc(/C=N\NC(=O)C(=O)Nc2cc(Cl)ccc2C)cc1OCC. The van der Waals surface area contributed by atoms with Gasteiger partial charge in [0.05, 0.1) is 12.8 Å². The van der Waals surface area contributed by atoms with Crippen LogP contribution < -0.4 is 20.2 Å². The van der Waals surface area contributed by atoms with Crippen LogP contribution in [0, 0.1) is 6.92 Å². The monoisotopic (exact) mass is 415 g/mol. The number of hydrazone groups is 1. The number of aryl methyl sites for hydroxylation is 1. The number of rotatable bonds is 8. The van der Waals surface area contributed by atoms with Gasteiger partial charge in [0, 0.05) is 10.7 Å². The van der Waals surface area contributed by atoms with Gasteiger partial charge in [-0.05, 0) is 55.3 Å². The first-order valence-corrected chi connectivity index (χ1v) is 9.23. The van der Waals surface area contributed by atoms with Crippen LogP contribution in [-0.2, 0) is 9.59 Å². The summed E-state index contributed by atoms with van der Waals surface area (Å²) < 4.78 is 11.1. The van der Waals surface area contributed by atoms with Gasteiger partial charge < -0.3 is 14.8 Å².